The second kappa shape index (κ2) is 10.7. The van der Waals surface area contributed by atoms with Crippen molar-refractivity contribution in [3.8, 4) is 28.7 Å². The highest BCUT2D eigenvalue weighted by atomic mass is 19.3. The highest BCUT2D eigenvalue weighted by Crippen LogP contribution is 2.49. The summed E-state index contributed by atoms with van der Waals surface area (Å²) < 4.78 is 39.8. The van der Waals surface area contributed by atoms with Crippen molar-refractivity contribution in [2.24, 2.45) is 17.8 Å². The first-order chi connectivity index (χ1) is 19.7. The molecule has 10 heteroatoms. The molecule has 0 spiro atoms. The number of rotatable bonds is 9. The fourth-order valence-electron chi connectivity index (χ4n) is 5.84. The Balaban J connectivity index is 1.17. The van der Waals surface area contributed by atoms with Gasteiger partial charge in [-0.2, -0.15) is 9.78 Å². The lowest BCUT2D eigenvalue weighted by Gasteiger charge is -2.38. The van der Waals surface area contributed by atoms with Crippen molar-refractivity contribution in [2.45, 2.75) is 25.7 Å². The highest BCUT2D eigenvalue weighted by molar-refractivity contribution is 5.90. The molecule has 3 aliphatic rings. The predicted octanol–water partition coefficient (Wildman–Crippen LogP) is 5.42. The molecule has 0 radical (unpaired) electrons. The van der Waals surface area contributed by atoms with Crippen molar-refractivity contribution in [3.63, 3.8) is 0 Å². The van der Waals surface area contributed by atoms with Gasteiger partial charge in [-0.15, -0.1) is 0 Å². The van der Waals surface area contributed by atoms with E-state index in [1.807, 2.05) is 37.3 Å². The molecule has 3 atom stereocenters. The summed E-state index contributed by atoms with van der Waals surface area (Å²) in [6, 6.07) is 11.3. The van der Waals surface area contributed by atoms with Crippen molar-refractivity contribution in [1.82, 2.24) is 19.7 Å². The van der Waals surface area contributed by atoms with E-state index in [1.54, 1.807) is 6.07 Å². The topological polar surface area (TPSA) is 89.7 Å². The number of likely N-dealkylation sites (tertiary alicyclic amines) is 1. The number of aryl methyl sites for hydroxylation is 1. The Morgan fingerprint density at radius 2 is 2.00 bits per heavy atom. The van der Waals surface area contributed by atoms with Crippen LogP contribution in [0.3, 0.4) is 0 Å². The number of alkyl halides is 2. The van der Waals surface area contributed by atoms with Crippen molar-refractivity contribution in [1.29, 1.82) is 0 Å². The average molecular weight is 563 g/mol. The highest BCUT2D eigenvalue weighted by Gasteiger charge is 2.57. The number of allylic oxidation sites excluding steroid dienone is 1. The standard InChI is InChI=1S/C31H32F2N4O4/c1-19-5-3-6-24(26-7-4-8-27(35-26)37-29(40-2)25(15-34-37)30(38)39)28(19)41-18-20-9-10-22-16-36(12-11-21(22)13-20)17-23-14-31(23,32)33/h3-10,13,15,21-23H,11-12,14,16-18H2,1-2H3,(H,38,39). The molecular formula is C31H32F2N4O4. The molecule has 41 heavy (non-hydrogen) atoms. The molecule has 2 aromatic heterocycles. The molecular weight excluding hydrogens is 530 g/mol. The molecule has 8 nitrogen and oxygen atoms in total. The number of carboxylic acid groups (broad SMARTS) is 1. The van der Waals surface area contributed by atoms with Crippen LogP contribution in [0.5, 0.6) is 11.6 Å². The number of carbonyl (C=O) groups is 1. The van der Waals surface area contributed by atoms with Gasteiger partial charge >= 0.3 is 5.97 Å². The molecule has 1 aromatic carbocycles. The predicted molar refractivity (Wildman–Crippen MR) is 149 cm³/mol. The summed E-state index contributed by atoms with van der Waals surface area (Å²) in [6.45, 7) is 4.52. The minimum Gasteiger partial charge on any atom is -0.488 e. The zero-order valence-electron chi connectivity index (χ0n) is 23.0. The van der Waals surface area contributed by atoms with E-state index in [1.165, 1.54) is 18.0 Å². The van der Waals surface area contributed by atoms with E-state index in [-0.39, 0.29) is 17.9 Å². The van der Waals surface area contributed by atoms with E-state index in [0.29, 0.717) is 42.2 Å². The molecule has 1 N–H and O–H groups in total. The summed E-state index contributed by atoms with van der Waals surface area (Å²) in [5.41, 5.74) is 3.46. The third kappa shape index (κ3) is 5.48. The lowest BCUT2D eigenvalue weighted by molar-refractivity contribution is 0.0692. The quantitative estimate of drug-likeness (QED) is 0.373. The molecule has 1 saturated heterocycles. The zero-order valence-corrected chi connectivity index (χ0v) is 23.0. The number of aromatic nitrogens is 3. The van der Waals surface area contributed by atoms with Gasteiger partial charge in [-0.05, 0) is 61.1 Å². The fourth-order valence-corrected chi connectivity index (χ4v) is 5.84. The number of fused-ring (bicyclic) bond motifs is 1. The minimum atomic E-state index is -2.47. The van der Waals surface area contributed by atoms with Crippen molar-refractivity contribution in [3.05, 3.63) is 77.5 Å². The van der Waals surface area contributed by atoms with Gasteiger partial charge in [-0.3, -0.25) is 0 Å². The number of halogens is 2. The first-order valence-electron chi connectivity index (χ1n) is 13.8. The van der Waals surface area contributed by atoms with Gasteiger partial charge in [-0.1, -0.05) is 36.4 Å². The van der Waals surface area contributed by atoms with Crippen molar-refractivity contribution in [2.75, 3.05) is 33.4 Å². The molecule has 3 aromatic rings. The summed E-state index contributed by atoms with van der Waals surface area (Å²) >= 11 is 0. The Hall–Kier alpha value is -4.05. The summed E-state index contributed by atoms with van der Waals surface area (Å²) in [5.74, 6) is -2.14. The van der Waals surface area contributed by atoms with Crippen LogP contribution in [-0.2, 0) is 0 Å². The Morgan fingerprint density at radius 1 is 1.20 bits per heavy atom. The molecule has 214 valence electrons. The summed E-state index contributed by atoms with van der Waals surface area (Å²) in [5, 5.41) is 13.6. The molecule has 2 fully saturated rings. The fraction of sp³-hybridized carbons (Fsp3) is 0.387. The summed E-state index contributed by atoms with van der Waals surface area (Å²) in [4.78, 5) is 18.5. The molecule has 3 heterocycles. The van der Waals surface area contributed by atoms with Gasteiger partial charge in [0.2, 0.25) is 5.88 Å². The number of benzene rings is 1. The second-order valence-electron chi connectivity index (χ2n) is 11.0. The molecule has 0 bridgehead atoms. The van der Waals surface area contributed by atoms with Gasteiger partial charge in [0.25, 0.3) is 5.92 Å². The Kier molecular flexibility index (Phi) is 7.11. The van der Waals surface area contributed by atoms with Gasteiger partial charge in [0.05, 0.1) is 19.0 Å². The third-order valence-electron chi connectivity index (χ3n) is 8.19. The lowest BCUT2D eigenvalue weighted by atomic mass is 9.80. The smallest absolute Gasteiger partial charge is 0.342 e. The molecule has 1 saturated carbocycles. The molecule has 1 aliphatic heterocycles. The second-order valence-corrected chi connectivity index (χ2v) is 11.0. The van der Waals surface area contributed by atoms with Crippen LogP contribution >= 0.6 is 0 Å². The number of nitrogens with zero attached hydrogens (tertiary/aromatic N) is 4. The summed E-state index contributed by atoms with van der Waals surface area (Å²) in [6.07, 6.45) is 8.78. The number of pyridine rings is 1. The normalized spacial score (nSPS) is 23.0. The van der Waals surface area contributed by atoms with Crippen LogP contribution in [-0.4, -0.2) is 70.0 Å². The van der Waals surface area contributed by atoms with E-state index in [2.05, 4.69) is 28.2 Å². The zero-order chi connectivity index (χ0) is 28.7. The van der Waals surface area contributed by atoms with E-state index in [9.17, 15) is 18.7 Å². The maximum atomic E-state index is 13.4. The van der Waals surface area contributed by atoms with E-state index in [4.69, 9.17) is 14.5 Å². The Morgan fingerprint density at radius 3 is 2.76 bits per heavy atom. The van der Waals surface area contributed by atoms with E-state index < -0.39 is 17.8 Å². The number of hydrogen-bond acceptors (Lipinski definition) is 6. The first-order valence-corrected chi connectivity index (χ1v) is 13.8. The van der Waals surface area contributed by atoms with Gasteiger partial charge < -0.3 is 19.5 Å². The molecule has 2 aliphatic carbocycles. The number of piperidine rings is 1. The monoisotopic (exact) mass is 562 g/mol. The van der Waals surface area contributed by atoms with Crippen LogP contribution in [0.1, 0.15) is 28.8 Å². The number of aromatic carboxylic acids is 1. The van der Waals surface area contributed by atoms with Crippen LogP contribution < -0.4 is 9.47 Å². The number of carboxylic acids is 1. The van der Waals surface area contributed by atoms with Crippen LogP contribution in [0.2, 0.25) is 0 Å². The molecule has 6 rings (SSSR count). The average Bonchev–Trinajstić information content (AvgIpc) is 3.35. The first kappa shape index (κ1) is 27.1. The minimum absolute atomic E-state index is 0.0264. The number of hydrogen-bond donors (Lipinski definition) is 1. The van der Waals surface area contributed by atoms with Crippen LogP contribution in [0.4, 0.5) is 8.78 Å². The number of ether oxygens (including phenoxy) is 2. The third-order valence-corrected chi connectivity index (χ3v) is 8.19. The number of para-hydroxylation sites is 1. The van der Waals surface area contributed by atoms with Gasteiger partial charge in [0.15, 0.2) is 5.82 Å². The summed E-state index contributed by atoms with van der Waals surface area (Å²) in [7, 11) is 1.39. The van der Waals surface area contributed by atoms with Crippen LogP contribution in [0, 0.1) is 24.7 Å². The SMILES string of the molecule is COc1c(C(=O)O)cnn1-c1cccc(-c2cccc(C)c2OCC2=CC3CCN(CC4CC4(F)F)CC3C=C2)n1. The van der Waals surface area contributed by atoms with Crippen LogP contribution in [0.25, 0.3) is 17.1 Å². The number of methoxy groups -OCH3 is 1. The maximum Gasteiger partial charge on any atom is 0.342 e. The van der Waals surface area contributed by atoms with E-state index >= 15 is 0 Å². The Labute approximate surface area is 236 Å². The van der Waals surface area contributed by atoms with E-state index in [0.717, 1.165) is 36.2 Å². The molecule has 3 unspecified atom stereocenters. The van der Waals surface area contributed by atoms with Gasteiger partial charge in [0.1, 0.15) is 17.9 Å². The largest absolute Gasteiger partial charge is 0.488 e. The van der Waals surface area contributed by atoms with Gasteiger partial charge in [-0.25, -0.2) is 18.6 Å². The van der Waals surface area contributed by atoms with Crippen LogP contribution in [0.15, 0.2) is 66.4 Å². The Bertz CT molecular complexity index is 1530. The maximum absolute atomic E-state index is 13.4. The molecule has 0 amide bonds. The van der Waals surface area contributed by atoms with Crippen molar-refractivity contribution >= 4 is 5.97 Å². The lowest BCUT2D eigenvalue weighted by Crippen LogP contribution is -2.41. The van der Waals surface area contributed by atoms with Gasteiger partial charge in [0, 0.05) is 31.0 Å². The van der Waals surface area contributed by atoms with Crippen molar-refractivity contribution < 1.29 is 28.2 Å².